The second-order valence-electron chi connectivity index (χ2n) is 5.42. The van der Waals surface area contributed by atoms with Crippen LogP contribution < -0.4 is 15.4 Å². The number of anilines is 1. The van der Waals surface area contributed by atoms with Crippen LogP contribution in [-0.4, -0.2) is 25.6 Å². The quantitative estimate of drug-likeness (QED) is 0.875. The molecule has 0 aromatic heterocycles. The third-order valence-electron chi connectivity index (χ3n) is 4.21. The zero-order valence-corrected chi connectivity index (χ0v) is 13.4. The molecule has 1 aromatic rings. The van der Waals surface area contributed by atoms with Gasteiger partial charge >= 0.3 is 0 Å². The molecule has 1 saturated heterocycles. The molecular formula is C16H23ClN2O2. The number of nitrogens with one attached hydrogen (secondary N) is 2. The normalized spacial score (nSPS) is 17.3. The number of piperidine rings is 1. The highest BCUT2D eigenvalue weighted by Gasteiger charge is 2.37. The highest BCUT2D eigenvalue weighted by molar-refractivity contribution is 6.32. The monoisotopic (exact) mass is 310 g/mol. The minimum Gasteiger partial charge on any atom is -0.492 e. The minimum absolute atomic E-state index is 0.0896. The van der Waals surface area contributed by atoms with Crippen molar-refractivity contribution in [3.63, 3.8) is 0 Å². The van der Waals surface area contributed by atoms with E-state index in [0.29, 0.717) is 17.4 Å². The lowest BCUT2D eigenvalue weighted by Crippen LogP contribution is -2.44. The largest absolute Gasteiger partial charge is 0.492 e. The third kappa shape index (κ3) is 3.69. The summed E-state index contributed by atoms with van der Waals surface area (Å²) in [6.45, 7) is 6.35. The van der Waals surface area contributed by atoms with Crippen LogP contribution >= 0.6 is 11.6 Å². The van der Waals surface area contributed by atoms with Crippen molar-refractivity contribution in [2.45, 2.75) is 33.1 Å². The first-order valence-corrected chi connectivity index (χ1v) is 7.93. The van der Waals surface area contributed by atoms with E-state index in [1.807, 2.05) is 13.0 Å². The van der Waals surface area contributed by atoms with Gasteiger partial charge in [0.05, 0.1) is 17.0 Å². The van der Waals surface area contributed by atoms with Crippen LogP contribution in [0.5, 0.6) is 5.75 Å². The van der Waals surface area contributed by atoms with Gasteiger partial charge in [0.1, 0.15) is 5.75 Å². The first-order valence-electron chi connectivity index (χ1n) is 7.56. The summed E-state index contributed by atoms with van der Waals surface area (Å²) in [6, 6.07) is 5.37. The summed E-state index contributed by atoms with van der Waals surface area (Å²) in [4.78, 5) is 12.6. The summed E-state index contributed by atoms with van der Waals surface area (Å²) in [6.07, 6.45) is 2.60. The van der Waals surface area contributed by atoms with Gasteiger partial charge in [-0.2, -0.15) is 0 Å². The van der Waals surface area contributed by atoms with Crippen LogP contribution in [-0.2, 0) is 4.79 Å². The van der Waals surface area contributed by atoms with Crippen molar-refractivity contribution in [2.24, 2.45) is 5.41 Å². The number of hydrogen-bond donors (Lipinski definition) is 2. The standard InChI is InChI=1S/C16H23ClN2O2/c1-3-16(7-9-18-10-8-16)15(20)19-12-5-6-14(21-4-2)13(17)11-12/h5-6,11,18H,3-4,7-10H2,1-2H3,(H,19,20). The molecule has 1 heterocycles. The van der Waals surface area contributed by atoms with Gasteiger partial charge in [0.15, 0.2) is 0 Å². The van der Waals surface area contributed by atoms with Crippen molar-refractivity contribution in [1.82, 2.24) is 5.32 Å². The van der Waals surface area contributed by atoms with Crippen LogP contribution in [0.2, 0.25) is 5.02 Å². The van der Waals surface area contributed by atoms with Gasteiger partial charge < -0.3 is 15.4 Å². The van der Waals surface area contributed by atoms with Crippen molar-refractivity contribution >= 4 is 23.2 Å². The topological polar surface area (TPSA) is 50.4 Å². The molecule has 0 bridgehead atoms. The van der Waals surface area contributed by atoms with Gasteiger partial charge in [0.2, 0.25) is 5.91 Å². The second-order valence-corrected chi connectivity index (χ2v) is 5.82. The van der Waals surface area contributed by atoms with E-state index in [-0.39, 0.29) is 11.3 Å². The predicted octanol–water partition coefficient (Wildman–Crippen LogP) is 3.46. The fraction of sp³-hybridized carbons (Fsp3) is 0.562. The van der Waals surface area contributed by atoms with Crippen LogP contribution in [0.25, 0.3) is 0 Å². The van der Waals surface area contributed by atoms with Crippen molar-refractivity contribution in [3.05, 3.63) is 23.2 Å². The number of amides is 1. The molecule has 2 rings (SSSR count). The van der Waals surface area contributed by atoms with Gasteiger partial charge in [-0.15, -0.1) is 0 Å². The molecule has 1 aromatic carbocycles. The van der Waals surface area contributed by atoms with E-state index in [4.69, 9.17) is 16.3 Å². The van der Waals surface area contributed by atoms with Crippen LogP contribution in [0.3, 0.4) is 0 Å². The van der Waals surface area contributed by atoms with E-state index in [1.54, 1.807) is 12.1 Å². The van der Waals surface area contributed by atoms with E-state index >= 15 is 0 Å². The van der Waals surface area contributed by atoms with Crippen LogP contribution in [0.1, 0.15) is 33.1 Å². The molecule has 5 heteroatoms. The summed E-state index contributed by atoms with van der Waals surface area (Å²) in [5.74, 6) is 0.732. The average molecular weight is 311 g/mol. The summed E-state index contributed by atoms with van der Waals surface area (Å²) in [7, 11) is 0. The van der Waals surface area contributed by atoms with Crippen LogP contribution in [0.4, 0.5) is 5.69 Å². The van der Waals surface area contributed by atoms with E-state index < -0.39 is 0 Å². The fourth-order valence-corrected chi connectivity index (χ4v) is 3.00. The Labute approximate surface area is 131 Å². The molecule has 0 radical (unpaired) electrons. The van der Waals surface area contributed by atoms with Gasteiger partial charge in [-0.25, -0.2) is 0 Å². The maximum Gasteiger partial charge on any atom is 0.230 e. The van der Waals surface area contributed by atoms with Gasteiger partial charge in [0, 0.05) is 5.69 Å². The number of carbonyl (C=O) groups is 1. The molecule has 1 fully saturated rings. The van der Waals surface area contributed by atoms with Crippen molar-refractivity contribution < 1.29 is 9.53 Å². The lowest BCUT2D eigenvalue weighted by molar-refractivity contribution is -0.127. The fourth-order valence-electron chi connectivity index (χ4n) is 2.76. The molecular weight excluding hydrogens is 288 g/mol. The SMILES string of the molecule is CCOc1ccc(NC(=O)C2(CC)CCNCC2)cc1Cl. The number of benzene rings is 1. The summed E-state index contributed by atoms with van der Waals surface area (Å²) in [5, 5.41) is 6.83. The first-order chi connectivity index (χ1) is 10.1. The molecule has 116 valence electrons. The summed E-state index contributed by atoms with van der Waals surface area (Å²) in [5.41, 5.74) is 0.455. The Morgan fingerprint density at radius 2 is 2.10 bits per heavy atom. The summed E-state index contributed by atoms with van der Waals surface area (Å²) < 4.78 is 5.40. The molecule has 1 amide bonds. The van der Waals surface area contributed by atoms with Crippen LogP contribution in [0, 0.1) is 5.41 Å². The average Bonchev–Trinajstić information content (AvgIpc) is 2.50. The number of carbonyl (C=O) groups excluding carboxylic acids is 1. The molecule has 1 aliphatic rings. The van der Waals surface area contributed by atoms with Gasteiger partial charge in [-0.05, 0) is 57.5 Å². The molecule has 0 atom stereocenters. The van der Waals surface area contributed by atoms with E-state index in [1.165, 1.54) is 0 Å². The maximum absolute atomic E-state index is 12.6. The number of halogens is 1. The van der Waals surface area contributed by atoms with Gasteiger partial charge in [-0.1, -0.05) is 18.5 Å². The highest BCUT2D eigenvalue weighted by Crippen LogP contribution is 2.35. The maximum atomic E-state index is 12.6. The Morgan fingerprint density at radius 1 is 1.38 bits per heavy atom. The lowest BCUT2D eigenvalue weighted by Gasteiger charge is -2.35. The zero-order chi connectivity index (χ0) is 15.3. The number of hydrogen-bond acceptors (Lipinski definition) is 3. The van der Waals surface area contributed by atoms with Crippen molar-refractivity contribution in [2.75, 3.05) is 25.0 Å². The van der Waals surface area contributed by atoms with Crippen molar-refractivity contribution in [1.29, 1.82) is 0 Å². The second kappa shape index (κ2) is 7.14. The smallest absolute Gasteiger partial charge is 0.230 e. The first kappa shape index (κ1) is 16.1. The minimum atomic E-state index is -0.268. The Bertz CT molecular complexity index is 499. The summed E-state index contributed by atoms with van der Waals surface area (Å²) >= 11 is 6.16. The van der Waals surface area contributed by atoms with Crippen LogP contribution in [0.15, 0.2) is 18.2 Å². The molecule has 0 aliphatic carbocycles. The number of ether oxygens (including phenoxy) is 1. The van der Waals surface area contributed by atoms with Gasteiger partial charge in [-0.3, -0.25) is 4.79 Å². The molecule has 1 aliphatic heterocycles. The molecule has 4 nitrogen and oxygen atoms in total. The Hall–Kier alpha value is -1.26. The van der Waals surface area contributed by atoms with E-state index in [2.05, 4.69) is 17.6 Å². The Balaban J connectivity index is 2.09. The lowest BCUT2D eigenvalue weighted by atomic mass is 9.76. The zero-order valence-electron chi connectivity index (χ0n) is 12.7. The molecule has 0 saturated carbocycles. The van der Waals surface area contributed by atoms with E-state index in [9.17, 15) is 4.79 Å². The Morgan fingerprint density at radius 3 is 2.67 bits per heavy atom. The number of rotatable bonds is 5. The van der Waals surface area contributed by atoms with Gasteiger partial charge in [0.25, 0.3) is 0 Å². The Kier molecular flexibility index (Phi) is 5.48. The van der Waals surface area contributed by atoms with E-state index in [0.717, 1.165) is 38.0 Å². The molecule has 0 spiro atoms. The molecule has 21 heavy (non-hydrogen) atoms. The highest BCUT2D eigenvalue weighted by atomic mass is 35.5. The predicted molar refractivity (Wildman–Crippen MR) is 86.1 cm³/mol. The molecule has 0 unspecified atom stereocenters. The third-order valence-corrected chi connectivity index (χ3v) is 4.50. The molecule has 2 N–H and O–H groups in total. The van der Waals surface area contributed by atoms with Crippen molar-refractivity contribution in [3.8, 4) is 5.75 Å².